The summed E-state index contributed by atoms with van der Waals surface area (Å²) in [5.41, 5.74) is 6.56. The van der Waals surface area contributed by atoms with E-state index in [1.165, 1.54) is 71.0 Å². The molecular weight excluding hydrogens is 196 g/mol. The average Bonchev–Trinajstić information content (AvgIpc) is 2.27. The highest BCUT2D eigenvalue weighted by Crippen LogP contribution is 2.37. The molecule has 1 aliphatic heterocycles. The van der Waals surface area contributed by atoms with Gasteiger partial charge in [0.2, 0.25) is 0 Å². The predicted molar refractivity (Wildman–Crippen MR) is 67.3 cm³/mol. The summed E-state index contributed by atoms with van der Waals surface area (Å²) >= 11 is 0. The summed E-state index contributed by atoms with van der Waals surface area (Å²) in [6.45, 7) is 3.85. The van der Waals surface area contributed by atoms with E-state index in [4.69, 9.17) is 5.73 Å². The Bertz CT molecular complexity index is 247. The molecule has 0 amide bonds. The lowest BCUT2D eigenvalue weighted by molar-refractivity contribution is 0.0543. The lowest BCUT2D eigenvalue weighted by Gasteiger charge is -2.47. The summed E-state index contributed by atoms with van der Waals surface area (Å²) < 4.78 is 0. The van der Waals surface area contributed by atoms with Crippen LogP contribution in [0.3, 0.4) is 0 Å². The van der Waals surface area contributed by atoms with Crippen LogP contribution in [0.15, 0.2) is 0 Å². The maximum atomic E-state index is 6.36. The maximum absolute atomic E-state index is 6.36. The number of rotatable bonds is 2. The first-order chi connectivity index (χ1) is 7.75. The van der Waals surface area contributed by atoms with Crippen LogP contribution >= 0.6 is 0 Å². The molecule has 2 saturated carbocycles. The number of likely N-dealkylation sites (tertiary alicyclic amines) is 1. The fourth-order valence-electron chi connectivity index (χ4n) is 4.05. The van der Waals surface area contributed by atoms with Crippen molar-refractivity contribution < 1.29 is 0 Å². The van der Waals surface area contributed by atoms with Crippen molar-refractivity contribution in [3.05, 3.63) is 0 Å². The zero-order chi connectivity index (χ0) is 11.0. The summed E-state index contributed by atoms with van der Waals surface area (Å²) in [4.78, 5) is 2.67. The molecule has 3 aliphatic rings. The Morgan fingerprint density at radius 2 is 1.75 bits per heavy atom. The van der Waals surface area contributed by atoms with E-state index < -0.39 is 0 Å². The number of fused-ring (bicyclic) bond motifs is 1. The molecule has 0 radical (unpaired) electrons. The van der Waals surface area contributed by atoms with Crippen molar-refractivity contribution in [2.24, 2.45) is 17.6 Å². The molecule has 3 rings (SSSR count). The lowest BCUT2D eigenvalue weighted by atomic mass is 9.73. The van der Waals surface area contributed by atoms with Crippen LogP contribution in [-0.2, 0) is 0 Å². The summed E-state index contributed by atoms with van der Waals surface area (Å²) in [7, 11) is 0. The third-order valence-electron chi connectivity index (χ3n) is 5.26. The van der Waals surface area contributed by atoms with Crippen LogP contribution in [0, 0.1) is 11.8 Å². The molecular formula is C14H26N2. The second-order valence-corrected chi connectivity index (χ2v) is 6.54. The Morgan fingerprint density at radius 1 is 1.00 bits per heavy atom. The minimum absolute atomic E-state index is 0.196. The van der Waals surface area contributed by atoms with Crippen LogP contribution in [0.25, 0.3) is 0 Å². The van der Waals surface area contributed by atoms with Gasteiger partial charge in [-0.2, -0.15) is 0 Å². The maximum Gasteiger partial charge on any atom is 0.0283 e. The van der Waals surface area contributed by atoms with Crippen LogP contribution in [0.4, 0.5) is 0 Å². The van der Waals surface area contributed by atoms with Crippen molar-refractivity contribution in [2.45, 2.75) is 56.9 Å². The number of nitrogens with two attached hydrogens (primary N) is 1. The Kier molecular flexibility index (Phi) is 2.97. The van der Waals surface area contributed by atoms with Crippen molar-refractivity contribution in [3.8, 4) is 0 Å². The van der Waals surface area contributed by atoms with Gasteiger partial charge < -0.3 is 10.6 Å². The largest absolute Gasteiger partial charge is 0.324 e. The van der Waals surface area contributed by atoms with E-state index in [2.05, 4.69) is 4.90 Å². The van der Waals surface area contributed by atoms with Gasteiger partial charge >= 0.3 is 0 Å². The molecule has 0 aromatic rings. The van der Waals surface area contributed by atoms with Crippen LogP contribution in [-0.4, -0.2) is 30.1 Å². The zero-order valence-corrected chi connectivity index (χ0v) is 10.5. The van der Waals surface area contributed by atoms with Gasteiger partial charge in [0.1, 0.15) is 0 Å². The van der Waals surface area contributed by atoms with E-state index in [1.54, 1.807) is 0 Å². The first-order valence-corrected chi connectivity index (χ1v) is 7.26. The lowest BCUT2D eigenvalue weighted by Crippen LogP contribution is -2.57. The van der Waals surface area contributed by atoms with Crippen LogP contribution < -0.4 is 5.73 Å². The number of nitrogens with zero attached hydrogens (tertiary/aromatic N) is 1. The van der Waals surface area contributed by atoms with E-state index >= 15 is 0 Å². The topological polar surface area (TPSA) is 29.3 Å². The van der Waals surface area contributed by atoms with E-state index in [0.717, 1.165) is 11.8 Å². The van der Waals surface area contributed by atoms with Gasteiger partial charge in [0.05, 0.1) is 0 Å². The van der Waals surface area contributed by atoms with Gasteiger partial charge in [-0.3, -0.25) is 0 Å². The number of hydrogen-bond acceptors (Lipinski definition) is 2. The summed E-state index contributed by atoms with van der Waals surface area (Å²) in [5, 5.41) is 0. The zero-order valence-electron chi connectivity index (χ0n) is 10.5. The van der Waals surface area contributed by atoms with Gasteiger partial charge in [-0.25, -0.2) is 0 Å². The molecule has 0 aromatic heterocycles. The van der Waals surface area contributed by atoms with Gasteiger partial charge in [-0.1, -0.05) is 19.3 Å². The summed E-state index contributed by atoms with van der Waals surface area (Å²) in [5.74, 6) is 2.06. The average molecular weight is 222 g/mol. The molecule has 2 atom stereocenters. The molecule has 2 unspecified atom stereocenters. The quantitative estimate of drug-likeness (QED) is 0.777. The molecule has 1 heterocycles. The Hall–Kier alpha value is -0.0800. The van der Waals surface area contributed by atoms with E-state index in [-0.39, 0.29) is 5.54 Å². The molecule has 1 saturated heterocycles. The third kappa shape index (κ3) is 2.14. The summed E-state index contributed by atoms with van der Waals surface area (Å²) in [6, 6.07) is 0. The third-order valence-corrected chi connectivity index (χ3v) is 5.26. The Balaban J connectivity index is 1.54. The molecule has 92 valence electrons. The molecule has 2 N–H and O–H groups in total. The monoisotopic (exact) mass is 222 g/mol. The van der Waals surface area contributed by atoms with Crippen LogP contribution in [0.5, 0.6) is 0 Å². The van der Waals surface area contributed by atoms with Gasteiger partial charge in [0.25, 0.3) is 0 Å². The second-order valence-electron chi connectivity index (χ2n) is 6.54. The standard InChI is InChI=1S/C14H26N2/c15-14(7-3-8-14)11-16-9-6-12-4-1-2-5-13(12)10-16/h12-13H,1-11,15H2. The SMILES string of the molecule is NC1(CN2CCC3CCCCC3C2)CCC1. The molecule has 0 bridgehead atoms. The highest BCUT2D eigenvalue weighted by molar-refractivity contribution is 4.96. The highest BCUT2D eigenvalue weighted by atomic mass is 15.2. The molecule has 16 heavy (non-hydrogen) atoms. The van der Waals surface area contributed by atoms with Crippen molar-refractivity contribution in [2.75, 3.05) is 19.6 Å². The fraction of sp³-hybridized carbons (Fsp3) is 1.00. The van der Waals surface area contributed by atoms with Crippen molar-refractivity contribution in [1.82, 2.24) is 4.90 Å². The number of piperidine rings is 1. The van der Waals surface area contributed by atoms with Crippen molar-refractivity contribution in [3.63, 3.8) is 0 Å². The van der Waals surface area contributed by atoms with E-state index in [0.29, 0.717) is 0 Å². The molecule has 2 aliphatic carbocycles. The van der Waals surface area contributed by atoms with Gasteiger partial charge in [-0.05, 0) is 50.5 Å². The molecule has 0 aromatic carbocycles. The minimum atomic E-state index is 0.196. The molecule has 2 heteroatoms. The van der Waals surface area contributed by atoms with Gasteiger partial charge in [-0.15, -0.1) is 0 Å². The van der Waals surface area contributed by atoms with Crippen molar-refractivity contribution in [1.29, 1.82) is 0 Å². The highest BCUT2D eigenvalue weighted by Gasteiger charge is 2.37. The first kappa shape index (κ1) is 11.0. The molecule has 3 fully saturated rings. The minimum Gasteiger partial charge on any atom is -0.324 e. The Morgan fingerprint density at radius 3 is 2.44 bits per heavy atom. The van der Waals surface area contributed by atoms with Gasteiger partial charge in [0.15, 0.2) is 0 Å². The van der Waals surface area contributed by atoms with Crippen LogP contribution in [0.2, 0.25) is 0 Å². The smallest absolute Gasteiger partial charge is 0.0283 e. The van der Waals surface area contributed by atoms with Crippen molar-refractivity contribution >= 4 is 0 Å². The normalized spacial score (nSPS) is 38.8. The fourth-order valence-corrected chi connectivity index (χ4v) is 4.05. The second kappa shape index (κ2) is 4.30. The Labute approximate surface area is 99.6 Å². The molecule has 0 spiro atoms. The predicted octanol–water partition coefficient (Wildman–Crippen LogP) is 2.38. The molecule has 2 nitrogen and oxygen atoms in total. The van der Waals surface area contributed by atoms with E-state index in [9.17, 15) is 0 Å². The van der Waals surface area contributed by atoms with E-state index in [1.807, 2.05) is 0 Å². The summed E-state index contributed by atoms with van der Waals surface area (Å²) in [6.07, 6.45) is 11.3. The number of hydrogen-bond donors (Lipinski definition) is 1. The van der Waals surface area contributed by atoms with Crippen LogP contribution in [0.1, 0.15) is 51.4 Å². The first-order valence-electron chi connectivity index (χ1n) is 7.26. The van der Waals surface area contributed by atoms with Gasteiger partial charge in [0, 0.05) is 18.6 Å².